The van der Waals surface area contributed by atoms with Crippen molar-refractivity contribution in [2.45, 2.75) is 33.2 Å². The van der Waals surface area contributed by atoms with Gasteiger partial charge in [0.2, 0.25) is 17.8 Å². The second kappa shape index (κ2) is 9.26. The van der Waals surface area contributed by atoms with Crippen LogP contribution in [-0.2, 0) is 11.3 Å². The van der Waals surface area contributed by atoms with Crippen LogP contribution < -0.4 is 20.5 Å². The van der Waals surface area contributed by atoms with Gasteiger partial charge < -0.3 is 19.7 Å². The Bertz CT molecular complexity index is 805. The maximum atomic E-state index is 11.7. The number of aryl methyl sites for hydroxylation is 1. The normalized spacial score (nSPS) is 14.2. The second-order valence-electron chi connectivity index (χ2n) is 6.05. The summed E-state index contributed by atoms with van der Waals surface area (Å²) in [4.78, 5) is 27.0. The molecule has 27 heavy (non-hydrogen) atoms. The molecule has 0 amide bonds. The Balaban J connectivity index is 1.85. The fraction of sp³-hybridized carbons (Fsp3) is 0.588. The van der Waals surface area contributed by atoms with Crippen LogP contribution >= 0.6 is 0 Å². The minimum Gasteiger partial charge on any atom is -0.403 e. The number of morpholine rings is 1. The molecule has 0 unspecified atom stereocenters. The highest BCUT2D eigenvalue weighted by atomic mass is 16.5. The maximum Gasteiger partial charge on any atom is 0.330 e. The van der Waals surface area contributed by atoms with Gasteiger partial charge in [-0.05, 0) is 13.3 Å². The largest absolute Gasteiger partial charge is 0.403 e. The van der Waals surface area contributed by atoms with Gasteiger partial charge in [-0.15, -0.1) is 5.10 Å². The van der Waals surface area contributed by atoms with Gasteiger partial charge in [0.15, 0.2) is 0 Å². The molecule has 2 aromatic heterocycles. The number of unbranched alkanes of at least 4 members (excludes halogenated alkanes) is 1. The first-order chi connectivity index (χ1) is 13.2. The third-order valence-electron chi connectivity index (χ3n) is 4.05. The Morgan fingerprint density at radius 3 is 2.74 bits per heavy atom. The molecule has 1 aliphatic rings. The van der Waals surface area contributed by atoms with Gasteiger partial charge in [0.1, 0.15) is 0 Å². The number of ether oxygens (including phenoxy) is 2. The molecule has 0 saturated carbocycles. The van der Waals surface area contributed by atoms with Gasteiger partial charge in [-0.3, -0.25) is 4.79 Å². The zero-order valence-electron chi connectivity index (χ0n) is 15.7. The lowest BCUT2D eigenvalue weighted by molar-refractivity contribution is 0.122. The van der Waals surface area contributed by atoms with E-state index in [1.54, 1.807) is 0 Å². The van der Waals surface area contributed by atoms with Crippen LogP contribution in [0.1, 0.15) is 26.7 Å². The number of hydrogen-bond acceptors (Lipinski definition) is 9. The van der Waals surface area contributed by atoms with E-state index in [0.29, 0.717) is 44.7 Å². The molecule has 10 heteroatoms. The molecule has 0 bridgehead atoms. The molecule has 1 N–H and O–H groups in total. The Labute approximate surface area is 157 Å². The summed E-state index contributed by atoms with van der Waals surface area (Å²) in [5, 5.41) is 7.37. The molecule has 10 nitrogen and oxygen atoms in total. The molecule has 3 heterocycles. The van der Waals surface area contributed by atoms with E-state index in [4.69, 9.17) is 9.47 Å². The molecule has 1 aliphatic heterocycles. The smallest absolute Gasteiger partial charge is 0.330 e. The zero-order valence-corrected chi connectivity index (χ0v) is 15.7. The third kappa shape index (κ3) is 5.13. The van der Waals surface area contributed by atoms with E-state index >= 15 is 0 Å². The first-order valence-corrected chi connectivity index (χ1v) is 9.28. The van der Waals surface area contributed by atoms with Crippen LogP contribution in [0, 0.1) is 0 Å². The van der Waals surface area contributed by atoms with Crippen LogP contribution in [0.5, 0.6) is 11.9 Å². The molecular weight excluding hydrogens is 350 g/mol. The van der Waals surface area contributed by atoms with Crippen LogP contribution in [0.3, 0.4) is 0 Å². The summed E-state index contributed by atoms with van der Waals surface area (Å²) in [5.41, 5.74) is -0.184. The van der Waals surface area contributed by atoms with Crippen molar-refractivity contribution < 1.29 is 9.47 Å². The van der Waals surface area contributed by atoms with E-state index in [0.717, 1.165) is 19.4 Å². The van der Waals surface area contributed by atoms with Gasteiger partial charge in [0.05, 0.1) is 13.2 Å². The zero-order chi connectivity index (χ0) is 19.1. The number of nitrogens with zero attached hydrogens (tertiary/aromatic N) is 6. The summed E-state index contributed by atoms with van der Waals surface area (Å²) in [6, 6.07) is 3.06. The average molecular weight is 375 g/mol. The van der Waals surface area contributed by atoms with Crippen molar-refractivity contribution in [3.05, 3.63) is 22.5 Å². The van der Waals surface area contributed by atoms with Crippen molar-refractivity contribution in [1.82, 2.24) is 24.7 Å². The summed E-state index contributed by atoms with van der Waals surface area (Å²) >= 11 is 0. The molecule has 3 rings (SSSR count). The lowest BCUT2D eigenvalue weighted by Crippen LogP contribution is -2.37. The third-order valence-corrected chi connectivity index (χ3v) is 4.05. The Morgan fingerprint density at radius 1 is 1.19 bits per heavy atom. The molecule has 0 aliphatic carbocycles. The van der Waals surface area contributed by atoms with Gasteiger partial charge >= 0.3 is 6.01 Å². The maximum absolute atomic E-state index is 11.7. The molecule has 2 aromatic rings. The van der Waals surface area contributed by atoms with Crippen molar-refractivity contribution in [2.75, 3.05) is 43.1 Å². The molecule has 0 radical (unpaired) electrons. The molecule has 146 valence electrons. The van der Waals surface area contributed by atoms with Crippen LogP contribution in [-0.4, -0.2) is 57.6 Å². The summed E-state index contributed by atoms with van der Waals surface area (Å²) in [6.45, 7) is 7.85. The Hall–Kier alpha value is -2.75. The molecule has 0 spiro atoms. The van der Waals surface area contributed by atoms with Crippen molar-refractivity contribution >= 4 is 11.9 Å². The summed E-state index contributed by atoms with van der Waals surface area (Å²) in [6.07, 6.45) is 2.08. The summed E-state index contributed by atoms with van der Waals surface area (Å²) in [5.74, 6) is 1.25. The van der Waals surface area contributed by atoms with Gasteiger partial charge in [-0.1, -0.05) is 13.3 Å². The number of hydrogen-bond donors (Lipinski definition) is 1. The standard InChI is InChI=1S/C17H25N7O3/c1-3-5-8-18-15-19-16(23-9-11-26-12-10-23)21-17(20-15)27-13-6-7-14(25)24(4-2)22-13/h6-7H,3-5,8-12H2,1-2H3,(H,18,19,20,21). The lowest BCUT2D eigenvalue weighted by Gasteiger charge is -2.26. The molecular formula is C17H25N7O3. The number of aromatic nitrogens is 5. The Kier molecular flexibility index (Phi) is 6.53. The summed E-state index contributed by atoms with van der Waals surface area (Å²) in [7, 11) is 0. The van der Waals surface area contributed by atoms with Crippen molar-refractivity contribution in [2.24, 2.45) is 0 Å². The summed E-state index contributed by atoms with van der Waals surface area (Å²) < 4.78 is 12.4. The number of nitrogens with one attached hydrogen (secondary N) is 1. The van der Waals surface area contributed by atoms with Gasteiger partial charge in [-0.2, -0.15) is 15.0 Å². The highest BCUT2D eigenvalue weighted by molar-refractivity contribution is 5.39. The first kappa shape index (κ1) is 19.0. The molecule has 1 saturated heterocycles. The van der Waals surface area contributed by atoms with E-state index in [1.807, 2.05) is 11.8 Å². The minimum absolute atomic E-state index is 0.138. The van der Waals surface area contributed by atoms with E-state index in [1.165, 1.54) is 16.8 Å². The Morgan fingerprint density at radius 2 is 2.00 bits per heavy atom. The second-order valence-corrected chi connectivity index (χ2v) is 6.05. The van der Waals surface area contributed by atoms with Crippen LogP contribution in [0.25, 0.3) is 0 Å². The predicted octanol–water partition coefficient (Wildman–Crippen LogP) is 1.29. The van der Waals surface area contributed by atoms with E-state index in [2.05, 4.69) is 32.3 Å². The number of rotatable bonds is 8. The lowest BCUT2D eigenvalue weighted by atomic mass is 10.3. The quantitative estimate of drug-likeness (QED) is 0.683. The fourth-order valence-corrected chi connectivity index (χ4v) is 2.56. The minimum atomic E-state index is -0.184. The van der Waals surface area contributed by atoms with E-state index < -0.39 is 0 Å². The topological polar surface area (TPSA) is 107 Å². The molecule has 0 atom stereocenters. The predicted molar refractivity (Wildman–Crippen MR) is 101 cm³/mol. The van der Waals surface area contributed by atoms with Crippen LogP contribution in [0.15, 0.2) is 16.9 Å². The fourth-order valence-electron chi connectivity index (χ4n) is 2.56. The van der Waals surface area contributed by atoms with Crippen molar-refractivity contribution in [1.29, 1.82) is 0 Å². The monoisotopic (exact) mass is 375 g/mol. The van der Waals surface area contributed by atoms with Crippen molar-refractivity contribution in [3.63, 3.8) is 0 Å². The number of anilines is 2. The van der Waals surface area contributed by atoms with E-state index in [9.17, 15) is 4.79 Å². The van der Waals surface area contributed by atoms with Gasteiger partial charge in [0.25, 0.3) is 5.56 Å². The van der Waals surface area contributed by atoms with Crippen molar-refractivity contribution in [3.8, 4) is 11.9 Å². The molecule has 1 fully saturated rings. The van der Waals surface area contributed by atoms with Gasteiger partial charge in [-0.25, -0.2) is 4.68 Å². The average Bonchev–Trinajstić information content (AvgIpc) is 2.70. The highest BCUT2D eigenvalue weighted by Crippen LogP contribution is 2.20. The van der Waals surface area contributed by atoms with Crippen LogP contribution in [0.2, 0.25) is 0 Å². The highest BCUT2D eigenvalue weighted by Gasteiger charge is 2.17. The first-order valence-electron chi connectivity index (χ1n) is 9.28. The molecule has 0 aromatic carbocycles. The van der Waals surface area contributed by atoms with E-state index in [-0.39, 0.29) is 17.4 Å². The SMILES string of the molecule is CCCCNc1nc(Oc2ccc(=O)n(CC)n2)nc(N2CCOCC2)n1. The van der Waals surface area contributed by atoms with Crippen LogP contribution in [0.4, 0.5) is 11.9 Å². The van der Waals surface area contributed by atoms with Gasteiger partial charge in [0, 0.05) is 38.3 Å².